The summed E-state index contributed by atoms with van der Waals surface area (Å²) in [4.78, 5) is 0. The summed E-state index contributed by atoms with van der Waals surface area (Å²) in [6.45, 7) is 4.92. The molecule has 1 unspecified atom stereocenters. The molecule has 0 amide bonds. The van der Waals surface area contributed by atoms with Crippen LogP contribution in [0.2, 0.25) is 0 Å². The molecule has 4 rings (SSSR count). The highest BCUT2D eigenvalue weighted by Crippen LogP contribution is 2.74. The van der Waals surface area contributed by atoms with E-state index in [0.29, 0.717) is 13.2 Å². The third-order valence-electron chi connectivity index (χ3n) is 5.26. The van der Waals surface area contributed by atoms with Gasteiger partial charge in [0.2, 0.25) is 5.79 Å². The lowest BCUT2D eigenvalue weighted by atomic mass is 9.78. The van der Waals surface area contributed by atoms with Gasteiger partial charge in [0.05, 0.1) is 26.4 Å². The zero-order chi connectivity index (χ0) is 19.7. The fourth-order valence-corrected chi connectivity index (χ4v) is 6.74. The number of ether oxygens (including phenoxy) is 2. The minimum Gasteiger partial charge on any atom is -0.342 e. The fraction of sp³-hybridized carbons (Fsp3) is 0.364. The van der Waals surface area contributed by atoms with E-state index in [0.717, 1.165) is 16.7 Å². The maximum absolute atomic E-state index is 14.4. The average Bonchev–Trinajstić information content (AvgIpc) is 3.20. The molecule has 28 heavy (non-hydrogen) atoms. The van der Waals surface area contributed by atoms with Gasteiger partial charge < -0.3 is 18.5 Å². The van der Waals surface area contributed by atoms with Crippen LogP contribution >= 0.6 is 7.60 Å². The van der Waals surface area contributed by atoms with Gasteiger partial charge in [-0.15, -0.1) is 0 Å². The lowest BCUT2D eigenvalue weighted by Gasteiger charge is -2.49. The molecular formula is C22H25O5P. The summed E-state index contributed by atoms with van der Waals surface area (Å²) in [6, 6.07) is 17.5. The maximum Gasteiger partial charge on any atom is 0.350 e. The van der Waals surface area contributed by atoms with E-state index in [1.807, 2.05) is 80.6 Å². The Morgan fingerprint density at radius 1 is 0.929 bits per heavy atom. The Morgan fingerprint density at radius 3 is 2.18 bits per heavy atom. The molecule has 6 heteroatoms. The summed E-state index contributed by atoms with van der Waals surface area (Å²) >= 11 is 0. The molecule has 0 N–H and O–H groups in total. The lowest BCUT2D eigenvalue weighted by molar-refractivity contribution is -0.192. The van der Waals surface area contributed by atoms with Gasteiger partial charge in [0.15, 0.2) is 5.16 Å². The largest absolute Gasteiger partial charge is 0.350 e. The predicted octanol–water partition coefficient (Wildman–Crippen LogP) is 5.07. The molecule has 1 saturated heterocycles. The smallest absolute Gasteiger partial charge is 0.342 e. The van der Waals surface area contributed by atoms with Crippen LogP contribution in [0, 0.1) is 0 Å². The number of rotatable bonds is 6. The Morgan fingerprint density at radius 2 is 1.54 bits per heavy atom. The topological polar surface area (TPSA) is 54.0 Å². The molecule has 0 aromatic heterocycles. The summed E-state index contributed by atoms with van der Waals surface area (Å²) in [5.41, 5.74) is 2.57. The molecule has 2 aromatic rings. The molecular weight excluding hydrogens is 375 g/mol. The minimum atomic E-state index is -3.75. The first kappa shape index (κ1) is 19.6. The molecule has 0 saturated carbocycles. The monoisotopic (exact) mass is 400 g/mol. The molecule has 1 aliphatic carbocycles. The van der Waals surface area contributed by atoms with Crippen LogP contribution in [0.3, 0.4) is 0 Å². The highest BCUT2D eigenvalue weighted by atomic mass is 31.2. The number of fused-ring (bicyclic) bond motifs is 2. The highest BCUT2D eigenvalue weighted by molar-refractivity contribution is 7.55. The van der Waals surface area contributed by atoms with Gasteiger partial charge >= 0.3 is 7.60 Å². The Bertz CT molecular complexity index is 894. The fourth-order valence-electron chi connectivity index (χ4n) is 4.24. The quantitative estimate of drug-likeness (QED) is 0.634. The zero-order valence-corrected chi connectivity index (χ0v) is 17.1. The van der Waals surface area contributed by atoms with Crippen molar-refractivity contribution in [3.8, 4) is 0 Å². The average molecular weight is 400 g/mol. The van der Waals surface area contributed by atoms with Crippen LogP contribution in [0.5, 0.6) is 0 Å². The Hall–Kier alpha value is -1.75. The summed E-state index contributed by atoms with van der Waals surface area (Å²) in [6.07, 6.45) is 3.85. The van der Waals surface area contributed by atoms with E-state index in [9.17, 15) is 4.57 Å². The molecule has 0 radical (unpaired) electrons. The highest BCUT2D eigenvalue weighted by Gasteiger charge is 2.69. The second kappa shape index (κ2) is 7.58. The van der Waals surface area contributed by atoms with Gasteiger partial charge in [-0.2, -0.15) is 0 Å². The molecule has 1 heterocycles. The minimum absolute atomic E-state index is 0.247. The first-order valence-corrected chi connectivity index (χ1v) is 11.2. The van der Waals surface area contributed by atoms with Crippen molar-refractivity contribution >= 4 is 13.7 Å². The molecule has 1 fully saturated rings. The Labute approximate surface area is 165 Å². The van der Waals surface area contributed by atoms with Crippen LogP contribution in [0.25, 0.3) is 6.08 Å². The van der Waals surface area contributed by atoms with Crippen LogP contribution < -0.4 is 0 Å². The van der Waals surface area contributed by atoms with Gasteiger partial charge in [0.25, 0.3) is 0 Å². The summed E-state index contributed by atoms with van der Waals surface area (Å²) in [5, 5.41) is -1.27. The molecule has 2 aliphatic rings. The van der Waals surface area contributed by atoms with Crippen LogP contribution in [0.15, 0.2) is 60.7 Å². The summed E-state index contributed by atoms with van der Waals surface area (Å²) in [5.74, 6) is -1.29. The van der Waals surface area contributed by atoms with Crippen molar-refractivity contribution in [3.63, 3.8) is 0 Å². The maximum atomic E-state index is 14.4. The van der Waals surface area contributed by atoms with E-state index >= 15 is 0 Å². The molecule has 1 aliphatic heterocycles. The van der Waals surface area contributed by atoms with E-state index in [1.165, 1.54) is 0 Å². The lowest BCUT2D eigenvalue weighted by Crippen LogP contribution is -2.51. The van der Waals surface area contributed by atoms with E-state index in [1.54, 1.807) is 0 Å². The van der Waals surface area contributed by atoms with Crippen LogP contribution in [0.1, 0.15) is 30.5 Å². The van der Waals surface area contributed by atoms with Gasteiger partial charge in [-0.1, -0.05) is 66.7 Å². The van der Waals surface area contributed by atoms with E-state index < -0.39 is 18.5 Å². The van der Waals surface area contributed by atoms with Gasteiger partial charge in [-0.3, -0.25) is 4.57 Å². The van der Waals surface area contributed by atoms with Gasteiger partial charge in [0.1, 0.15) is 0 Å². The van der Waals surface area contributed by atoms with Gasteiger partial charge in [-0.05, 0) is 25.0 Å². The SMILES string of the molecule is CCOP(=O)(OCC)C1(c2ccccc2)C=Cc2ccccc2C12OCCO2. The second-order valence-electron chi connectivity index (χ2n) is 6.70. The van der Waals surface area contributed by atoms with Gasteiger partial charge in [0, 0.05) is 5.56 Å². The van der Waals surface area contributed by atoms with Crippen molar-refractivity contribution in [1.82, 2.24) is 0 Å². The molecule has 1 atom stereocenters. The van der Waals surface area contributed by atoms with Crippen molar-refractivity contribution in [2.45, 2.75) is 24.8 Å². The molecule has 1 spiro atoms. The van der Waals surface area contributed by atoms with E-state index in [-0.39, 0.29) is 13.2 Å². The van der Waals surface area contributed by atoms with Crippen molar-refractivity contribution < 1.29 is 23.1 Å². The zero-order valence-electron chi connectivity index (χ0n) is 16.2. The van der Waals surface area contributed by atoms with E-state index in [4.69, 9.17) is 18.5 Å². The van der Waals surface area contributed by atoms with Crippen LogP contribution in [-0.4, -0.2) is 26.4 Å². The number of hydrogen-bond donors (Lipinski definition) is 0. The van der Waals surface area contributed by atoms with Crippen LogP contribution in [0.4, 0.5) is 0 Å². The van der Waals surface area contributed by atoms with Crippen molar-refractivity contribution in [2.75, 3.05) is 26.4 Å². The summed E-state index contributed by atoms with van der Waals surface area (Å²) < 4.78 is 38.8. The number of hydrogen-bond acceptors (Lipinski definition) is 5. The normalized spacial score (nSPS) is 23.1. The third kappa shape index (κ3) is 2.66. The summed E-state index contributed by atoms with van der Waals surface area (Å²) in [7, 11) is -3.75. The molecule has 2 aromatic carbocycles. The standard InChI is InChI=1S/C22H25O5P/c1-3-26-28(23,27-4-2)21(19-11-6-5-7-12-19)15-14-18-10-8-9-13-20(18)22(21)24-16-17-25-22/h5-15H,3-4,16-17H2,1-2H3. The first-order chi connectivity index (χ1) is 13.6. The number of benzene rings is 2. The van der Waals surface area contributed by atoms with Crippen molar-refractivity contribution in [2.24, 2.45) is 0 Å². The predicted molar refractivity (Wildman–Crippen MR) is 108 cm³/mol. The van der Waals surface area contributed by atoms with Crippen molar-refractivity contribution in [3.05, 3.63) is 77.4 Å². The van der Waals surface area contributed by atoms with Crippen LogP contribution in [-0.2, 0) is 34.0 Å². The van der Waals surface area contributed by atoms with Gasteiger partial charge in [-0.25, -0.2) is 0 Å². The molecule has 148 valence electrons. The Balaban J connectivity index is 2.08. The molecule has 0 bridgehead atoms. The Kier molecular flexibility index (Phi) is 5.30. The second-order valence-corrected chi connectivity index (χ2v) is 8.92. The van der Waals surface area contributed by atoms with E-state index in [2.05, 4.69) is 0 Å². The molecule has 5 nitrogen and oxygen atoms in total. The third-order valence-corrected chi connectivity index (χ3v) is 8.02. The first-order valence-electron chi connectivity index (χ1n) is 9.65. The van der Waals surface area contributed by atoms with Crippen molar-refractivity contribution in [1.29, 1.82) is 0 Å².